The van der Waals surface area contributed by atoms with E-state index < -0.39 is 0 Å². The number of hydrogen-bond donors (Lipinski definition) is 1. The number of H-pyrrole nitrogens is 1. The minimum Gasteiger partial charge on any atom is -0.342 e. The molecule has 0 saturated heterocycles. The number of nitrogens with zero attached hydrogens (tertiary/aromatic N) is 1. The smallest absolute Gasteiger partial charge is 0.130 e. The molecule has 0 atom stereocenters. The number of carbonyl (C=O) groups excluding carboxylic acids is 1. The third-order valence-corrected chi connectivity index (χ3v) is 3.42. The van der Waals surface area contributed by atoms with Gasteiger partial charge in [0.1, 0.15) is 11.6 Å². The predicted molar refractivity (Wildman–Crippen MR) is 80.5 cm³/mol. The van der Waals surface area contributed by atoms with Gasteiger partial charge >= 0.3 is 0 Å². The fourth-order valence-electron chi connectivity index (χ4n) is 2.38. The van der Waals surface area contributed by atoms with Crippen molar-refractivity contribution in [3.63, 3.8) is 0 Å². The van der Waals surface area contributed by atoms with Crippen molar-refractivity contribution < 1.29 is 4.79 Å². The fraction of sp³-hybridized carbons (Fsp3) is 0.176. The summed E-state index contributed by atoms with van der Waals surface area (Å²) < 4.78 is 0. The van der Waals surface area contributed by atoms with Crippen LogP contribution in [0.1, 0.15) is 19.2 Å². The van der Waals surface area contributed by atoms with E-state index >= 15 is 0 Å². The van der Waals surface area contributed by atoms with E-state index in [4.69, 9.17) is 0 Å². The number of ketones is 1. The highest BCUT2D eigenvalue weighted by molar-refractivity contribution is 5.95. The molecule has 0 bridgehead atoms. The average molecular weight is 264 g/mol. The fourth-order valence-corrected chi connectivity index (χ4v) is 2.38. The van der Waals surface area contributed by atoms with Crippen LogP contribution in [0.5, 0.6) is 0 Å². The quantitative estimate of drug-likeness (QED) is 0.780. The maximum Gasteiger partial charge on any atom is 0.130 e. The molecular formula is C17H16N2O. The Hall–Kier alpha value is -2.42. The first-order valence-electron chi connectivity index (χ1n) is 6.75. The normalized spacial score (nSPS) is 10.8. The summed E-state index contributed by atoms with van der Waals surface area (Å²) in [6.07, 6.45) is 3.04. The van der Waals surface area contributed by atoms with Gasteiger partial charge in [-0.2, -0.15) is 0 Å². The standard InChI is InChI=1S/C17H16N2O/c1-12(20)9-10-17-18-11-16(19-17)15-8-4-6-13-5-2-3-7-14(13)15/h2-8,11H,9-10H2,1H3,(H,18,19). The number of aryl methyl sites for hydroxylation is 1. The van der Waals surface area contributed by atoms with Crippen LogP contribution in [0.4, 0.5) is 0 Å². The third kappa shape index (κ3) is 2.48. The predicted octanol–water partition coefficient (Wildman–Crippen LogP) is 3.75. The molecule has 0 saturated carbocycles. The molecule has 0 spiro atoms. The number of carbonyl (C=O) groups is 1. The third-order valence-electron chi connectivity index (χ3n) is 3.42. The van der Waals surface area contributed by atoms with Crippen molar-refractivity contribution in [1.29, 1.82) is 0 Å². The van der Waals surface area contributed by atoms with E-state index in [-0.39, 0.29) is 5.78 Å². The maximum absolute atomic E-state index is 11.0. The molecule has 1 aromatic heterocycles. The molecule has 1 heterocycles. The molecule has 100 valence electrons. The number of Topliss-reactive ketones (excluding diaryl/α,β-unsaturated/α-hetero) is 1. The highest BCUT2D eigenvalue weighted by Gasteiger charge is 2.07. The van der Waals surface area contributed by atoms with Crippen molar-refractivity contribution in [2.75, 3.05) is 0 Å². The van der Waals surface area contributed by atoms with Crippen molar-refractivity contribution >= 4 is 16.6 Å². The van der Waals surface area contributed by atoms with Crippen molar-refractivity contribution in [1.82, 2.24) is 9.97 Å². The Bertz CT molecular complexity index is 753. The van der Waals surface area contributed by atoms with Crippen molar-refractivity contribution in [2.45, 2.75) is 19.8 Å². The number of aromatic amines is 1. The van der Waals surface area contributed by atoms with Crippen LogP contribution < -0.4 is 0 Å². The Kier molecular flexibility index (Phi) is 3.33. The summed E-state index contributed by atoms with van der Waals surface area (Å²) in [5, 5.41) is 2.42. The van der Waals surface area contributed by atoms with Gasteiger partial charge in [0.2, 0.25) is 0 Å². The Labute approximate surface area is 117 Å². The highest BCUT2D eigenvalue weighted by Crippen LogP contribution is 2.27. The molecule has 0 amide bonds. The molecule has 20 heavy (non-hydrogen) atoms. The van der Waals surface area contributed by atoms with Crippen LogP contribution in [-0.4, -0.2) is 15.8 Å². The van der Waals surface area contributed by atoms with E-state index in [2.05, 4.69) is 34.2 Å². The van der Waals surface area contributed by atoms with Gasteiger partial charge in [-0.15, -0.1) is 0 Å². The lowest BCUT2D eigenvalue weighted by atomic mass is 10.0. The maximum atomic E-state index is 11.0. The molecule has 0 aliphatic rings. The topological polar surface area (TPSA) is 45.8 Å². The van der Waals surface area contributed by atoms with Gasteiger partial charge in [-0.25, -0.2) is 4.98 Å². The van der Waals surface area contributed by atoms with Gasteiger partial charge in [-0.05, 0) is 17.7 Å². The monoisotopic (exact) mass is 264 g/mol. The summed E-state index contributed by atoms with van der Waals surface area (Å²) in [5.74, 6) is 1.05. The molecule has 2 aromatic carbocycles. The number of imidazole rings is 1. The summed E-state index contributed by atoms with van der Waals surface area (Å²) >= 11 is 0. The molecule has 3 heteroatoms. The van der Waals surface area contributed by atoms with Crippen LogP contribution in [-0.2, 0) is 11.2 Å². The lowest BCUT2D eigenvalue weighted by molar-refractivity contribution is -0.117. The molecule has 0 aliphatic heterocycles. The first-order valence-corrected chi connectivity index (χ1v) is 6.75. The van der Waals surface area contributed by atoms with Crippen LogP contribution in [0.3, 0.4) is 0 Å². The van der Waals surface area contributed by atoms with Crippen LogP contribution >= 0.6 is 0 Å². The van der Waals surface area contributed by atoms with Gasteiger partial charge in [0.25, 0.3) is 0 Å². The lowest BCUT2D eigenvalue weighted by Crippen LogP contribution is -1.95. The number of hydrogen-bond acceptors (Lipinski definition) is 2. The summed E-state index contributed by atoms with van der Waals surface area (Å²) in [5.41, 5.74) is 2.14. The zero-order valence-electron chi connectivity index (χ0n) is 11.4. The average Bonchev–Trinajstić information content (AvgIpc) is 2.93. The van der Waals surface area contributed by atoms with E-state index in [9.17, 15) is 4.79 Å². The van der Waals surface area contributed by atoms with Crippen LogP contribution in [0.2, 0.25) is 0 Å². The molecule has 3 nitrogen and oxygen atoms in total. The number of nitrogens with one attached hydrogen (secondary N) is 1. The van der Waals surface area contributed by atoms with E-state index in [1.54, 1.807) is 6.92 Å². The molecule has 3 rings (SSSR count). The van der Waals surface area contributed by atoms with Gasteiger partial charge < -0.3 is 9.78 Å². The Morgan fingerprint density at radius 1 is 1.15 bits per heavy atom. The molecule has 1 N–H and O–H groups in total. The Balaban J connectivity index is 1.97. The van der Waals surface area contributed by atoms with Gasteiger partial charge in [0.15, 0.2) is 0 Å². The zero-order chi connectivity index (χ0) is 13.9. The summed E-state index contributed by atoms with van der Waals surface area (Å²) in [7, 11) is 0. The molecule has 0 unspecified atom stereocenters. The molecule has 0 fully saturated rings. The number of aromatic nitrogens is 2. The van der Waals surface area contributed by atoms with E-state index in [1.165, 1.54) is 10.8 Å². The Morgan fingerprint density at radius 2 is 1.95 bits per heavy atom. The van der Waals surface area contributed by atoms with E-state index in [0.717, 1.165) is 17.1 Å². The second-order valence-corrected chi connectivity index (χ2v) is 4.97. The first kappa shape index (κ1) is 12.6. The minimum absolute atomic E-state index is 0.188. The number of fused-ring (bicyclic) bond motifs is 1. The van der Waals surface area contributed by atoms with E-state index in [1.807, 2.05) is 24.4 Å². The van der Waals surface area contributed by atoms with Crippen molar-refractivity contribution in [3.05, 3.63) is 54.5 Å². The van der Waals surface area contributed by atoms with Crippen molar-refractivity contribution in [2.24, 2.45) is 0 Å². The second kappa shape index (κ2) is 5.29. The highest BCUT2D eigenvalue weighted by atomic mass is 16.1. The van der Waals surface area contributed by atoms with Gasteiger partial charge in [-0.1, -0.05) is 42.5 Å². The summed E-state index contributed by atoms with van der Waals surface area (Å²) in [4.78, 5) is 18.7. The minimum atomic E-state index is 0.188. The molecule has 3 aromatic rings. The van der Waals surface area contributed by atoms with Gasteiger partial charge in [0, 0.05) is 18.4 Å². The SMILES string of the molecule is CC(=O)CCc1ncc(-c2cccc3ccccc23)[nH]1. The lowest BCUT2D eigenvalue weighted by Gasteiger charge is -2.04. The number of benzene rings is 2. The first-order chi connectivity index (χ1) is 9.74. The van der Waals surface area contributed by atoms with Crippen LogP contribution in [0.25, 0.3) is 22.0 Å². The van der Waals surface area contributed by atoms with Crippen LogP contribution in [0.15, 0.2) is 48.7 Å². The van der Waals surface area contributed by atoms with Crippen molar-refractivity contribution in [3.8, 4) is 11.3 Å². The van der Waals surface area contributed by atoms with Gasteiger partial charge in [-0.3, -0.25) is 0 Å². The molecular weight excluding hydrogens is 248 g/mol. The second-order valence-electron chi connectivity index (χ2n) is 4.97. The summed E-state index contributed by atoms with van der Waals surface area (Å²) in [6, 6.07) is 14.5. The molecule has 0 radical (unpaired) electrons. The molecule has 0 aliphatic carbocycles. The van der Waals surface area contributed by atoms with E-state index in [0.29, 0.717) is 12.8 Å². The summed E-state index contributed by atoms with van der Waals surface area (Å²) in [6.45, 7) is 1.61. The zero-order valence-corrected chi connectivity index (χ0v) is 11.4. The Morgan fingerprint density at radius 3 is 2.80 bits per heavy atom. The van der Waals surface area contributed by atoms with Gasteiger partial charge in [0.05, 0.1) is 11.9 Å². The number of rotatable bonds is 4. The largest absolute Gasteiger partial charge is 0.342 e. The van der Waals surface area contributed by atoms with Crippen LogP contribution in [0, 0.1) is 0 Å².